The number of aryl methyl sites for hydroxylation is 2. The number of aliphatic hydroxyl groups excluding tert-OH is 1. The lowest BCUT2D eigenvalue weighted by atomic mass is 10.4. The fourth-order valence-electron chi connectivity index (χ4n) is 1.85. The molecule has 0 radical (unpaired) electrons. The summed E-state index contributed by atoms with van der Waals surface area (Å²) in [5.74, 6) is 0.448. The van der Waals surface area contributed by atoms with Crippen molar-refractivity contribution in [1.29, 1.82) is 0 Å². The molecule has 2 aromatic rings. The second kappa shape index (κ2) is 5.78. The summed E-state index contributed by atoms with van der Waals surface area (Å²) in [4.78, 5) is 0.125. The molecule has 0 saturated heterocycles. The second-order valence-electron chi connectivity index (χ2n) is 4.37. The summed E-state index contributed by atoms with van der Waals surface area (Å²) in [6.07, 6.45) is 1.50. The van der Waals surface area contributed by atoms with Gasteiger partial charge in [-0.25, -0.2) is 13.1 Å². The Bertz CT molecular complexity index is 666. The van der Waals surface area contributed by atoms with Crippen LogP contribution >= 0.6 is 0 Å². The molecule has 0 aromatic carbocycles. The maximum atomic E-state index is 12.1. The SMILES string of the molecule is CCn1cc(S(=O)(=O)NCc2cc(C)no2)cc1CO. The Morgan fingerprint density at radius 3 is 2.70 bits per heavy atom. The molecule has 2 rings (SSSR count). The van der Waals surface area contributed by atoms with Gasteiger partial charge in [0.25, 0.3) is 0 Å². The van der Waals surface area contributed by atoms with Gasteiger partial charge in [-0.2, -0.15) is 0 Å². The Morgan fingerprint density at radius 2 is 2.20 bits per heavy atom. The maximum Gasteiger partial charge on any atom is 0.242 e. The Labute approximate surface area is 117 Å². The van der Waals surface area contributed by atoms with E-state index in [9.17, 15) is 13.5 Å². The van der Waals surface area contributed by atoms with Gasteiger partial charge in [0.2, 0.25) is 10.0 Å². The minimum Gasteiger partial charge on any atom is -0.390 e. The van der Waals surface area contributed by atoms with Crippen LogP contribution in [-0.2, 0) is 29.7 Å². The average molecular weight is 299 g/mol. The van der Waals surface area contributed by atoms with E-state index in [0.29, 0.717) is 23.7 Å². The van der Waals surface area contributed by atoms with E-state index in [1.54, 1.807) is 17.6 Å². The smallest absolute Gasteiger partial charge is 0.242 e. The number of sulfonamides is 1. The summed E-state index contributed by atoms with van der Waals surface area (Å²) < 4.78 is 33.4. The zero-order valence-electron chi connectivity index (χ0n) is 11.3. The van der Waals surface area contributed by atoms with Gasteiger partial charge in [-0.05, 0) is 19.9 Å². The molecular formula is C12H17N3O4S. The molecule has 8 heteroatoms. The zero-order valence-corrected chi connectivity index (χ0v) is 12.1. The number of nitrogens with zero attached hydrogens (tertiary/aromatic N) is 2. The third-order valence-corrected chi connectivity index (χ3v) is 4.26. The number of rotatable bonds is 6. The fraction of sp³-hybridized carbons (Fsp3) is 0.417. The molecule has 0 fully saturated rings. The van der Waals surface area contributed by atoms with Crippen LogP contribution in [0.3, 0.4) is 0 Å². The van der Waals surface area contributed by atoms with E-state index < -0.39 is 10.0 Å². The third-order valence-electron chi connectivity index (χ3n) is 2.89. The van der Waals surface area contributed by atoms with Gasteiger partial charge in [0, 0.05) is 24.5 Å². The molecule has 2 heterocycles. The van der Waals surface area contributed by atoms with Crippen molar-refractivity contribution in [3.63, 3.8) is 0 Å². The Balaban J connectivity index is 2.15. The van der Waals surface area contributed by atoms with Crippen LogP contribution in [0.2, 0.25) is 0 Å². The van der Waals surface area contributed by atoms with Gasteiger partial charge in [-0.3, -0.25) is 0 Å². The van der Waals surface area contributed by atoms with Gasteiger partial charge < -0.3 is 14.2 Å². The number of nitrogens with one attached hydrogen (secondary N) is 1. The molecule has 110 valence electrons. The molecule has 0 spiro atoms. The molecule has 0 aliphatic carbocycles. The summed E-state index contributed by atoms with van der Waals surface area (Å²) in [6.45, 7) is 4.06. The number of aliphatic hydroxyl groups is 1. The van der Waals surface area contributed by atoms with E-state index in [1.807, 2.05) is 6.92 Å². The summed E-state index contributed by atoms with van der Waals surface area (Å²) in [5.41, 5.74) is 1.25. The van der Waals surface area contributed by atoms with Crippen LogP contribution in [0.25, 0.3) is 0 Å². The van der Waals surface area contributed by atoms with Crippen molar-refractivity contribution in [2.24, 2.45) is 0 Å². The molecule has 20 heavy (non-hydrogen) atoms. The van der Waals surface area contributed by atoms with E-state index in [4.69, 9.17) is 4.52 Å². The average Bonchev–Trinajstić information content (AvgIpc) is 3.02. The largest absolute Gasteiger partial charge is 0.390 e. The van der Waals surface area contributed by atoms with Crippen LogP contribution in [0.15, 0.2) is 27.7 Å². The molecule has 0 saturated carbocycles. The summed E-state index contributed by atoms with van der Waals surface area (Å²) in [7, 11) is -3.64. The number of aromatic nitrogens is 2. The van der Waals surface area contributed by atoms with Crippen molar-refractivity contribution in [2.75, 3.05) is 0 Å². The second-order valence-corrected chi connectivity index (χ2v) is 6.14. The highest BCUT2D eigenvalue weighted by Crippen LogP contribution is 2.15. The predicted octanol–water partition coefficient (Wildman–Crippen LogP) is 0.775. The van der Waals surface area contributed by atoms with Crippen molar-refractivity contribution in [3.8, 4) is 0 Å². The van der Waals surface area contributed by atoms with Crippen LogP contribution < -0.4 is 4.72 Å². The Kier molecular flexibility index (Phi) is 4.26. The van der Waals surface area contributed by atoms with E-state index >= 15 is 0 Å². The van der Waals surface area contributed by atoms with Gasteiger partial charge >= 0.3 is 0 Å². The van der Waals surface area contributed by atoms with E-state index in [0.717, 1.165) is 0 Å². The van der Waals surface area contributed by atoms with Gasteiger partial charge in [-0.1, -0.05) is 5.16 Å². The van der Waals surface area contributed by atoms with Crippen molar-refractivity contribution >= 4 is 10.0 Å². The zero-order chi connectivity index (χ0) is 14.8. The normalized spacial score (nSPS) is 11.9. The first-order valence-electron chi connectivity index (χ1n) is 6.18. The summed E-state index contributed by atoms with van der Waals surface area (Å²) >= 11 is 0. The summed E-state index contributed by atoms with van der Waals surface area (Å²) in [5, 5.41) is 12.9. The standard InChI is InChI=1S/C12H17N3O4S/c1-3-15-7-12(5-10(15)8-16)20(17,18)13-6-11-4-9(2)14-19-11/h4-5,7,13,16H,3,6,8H2,1-2H3. The van der Waals surface area contributed by atoms with Crippen LogP contribution in [0.5, 0.6) is 0 Å². The monoisotopic (exact) mass is 299 g/mol. The first-order chi connectivity index (χ1) is 9.46. The highest BCUT2D eigenvalue weighted by molar-refractivity contribution is 7.89. The Hall–Kier alpha value is -1.64. The van der Waals surface area contributed by atoms with E-state index in [2.05, 4.69) is 9.88 Å². The van der Waals surface area contributed by atoms with E-state index in [-0.39, 0.29) is 18.0 Å². The summed E-state index contributed by atoms with van der Waals surface area (Å²) in [6, 6.07) is 3.12. The minimum atomic E-state index is -3.64. The van der Waals surface area contributed by atoms with Gasteiger partial charge in [0.1, 0.15) is 0 Å². The molecule has 0 amide bonds. The van der Waals surface area contributed by atoms with Crippen molar-refractivity contribution in [2.45, 2.75) is 38.4 Å². The number of hydrogen-bond acceptors (Lipinski definition) is 5. The maximum absolute atomic E-state index is 12.1. The van der Waals surface area contributed by atoms with Crippen LogP contribution in [0.1, 0.15) is 24.1 Å². The molecule has 0 aliphatic rings. The van der Waals surface area contributed by atoms with Crippen LogP contribution in [0.4, 0.5) is 0 Å². The lowest BCUT2D eigenvalue weighted by molar-refractivity contribution is 0.271. The first-order valence-corrected chi connectivity index (χ1v) is 7.66. The van der Waals surface area contributed by atoms with Gasteiger partial charge in [0.15, 0.2) is 5.76 Å². The first kappa shape index (κ1) is 14.8. The molecule has 0 aliphatic heterocycles. The molecule has 0 bridgehead atoms. The molecule has 0 unspecified atom stereocenters. The lowest BCUT2D eigenvalue weighted by Crippen LogP contribution is -2.22. The third kappa shape index (κ3) is 3.09. The predicted molar refractivity (Wildman–Crippen MR) is 71.3 cm³/mol. The van der Waals surface area contributed by atoms with Gasteiger partial charge in [-0.15, -0.1) is 0 Å². The van der Waals surface area contributed by atoms with Crippen LogP contribution in [0, 0.1) is 6.92 Å². The quantitative estimate of drug-likeness (QED) is 0.821. The molecular weight excluding hydrogens is 282 g/mol. The molecule has 7 nitrogen and oxygen atoms in total. The molecule has 2 aromatic heterocycles. The Morgan fingerprint density at radius 1 is 1.45 bits per heavy atom. The lowest BCUT2D eigenvalue weighted by Gasteiger charge is -2.02. The fourth-order valence-corrected chi connectivity index (χ4v) is 2.90. The van der Waals surface area contributed by atoms with Crippen molar-refractivity contribution in [3.05, 3.63) is 35.5 Å². The molecule has 2 N–H and O–H groups in total. The van der Waals surface area contributed by atoms with Crippen molar-refractivity contribution in [1.82, 2.24) is 14.4 Å². The minimum absolute atomic E-state index is 0.0366. The van der Waals surface area contributed by atoms with Crippen molar-refractivity contribution < 1.29 is 18.0 Å². The van der Waals surface area contributed by atoms with Crippen LogP contribution in [-0.4, -0.2) is 23.2 Å². The van der Waals surface area contributed by atoms with Gasteiger partial charge in [0.05, 0.1) is 23.7 Å². The molecule has 0 atom stereocenters. The number of hydrogen-bond donors (Lipinski definition) is 2. The van der Waals surface area contributed by atoms with E-state index in [1.165, 1.54) is 12.3 Å². The highest BCUT2D eigenvalue weighted by atomic mass is 32.2. The highest BCUT2D eigenvalue weighted by Gasteiger charge is 2.18. The topological polar surface area (TPSA) is 97.4 Å².